The monoisotopic (exact) mass is 443 g/mol. The molecule has 3 saturated carbocycles. The second-order valence-electron chi connectivity index (χ2n) is 12.1. The maximum atomic E-state index is 12.7. The van der Waals surface area contributed by atoms with E-state index in [1.807, 2.05) is 19.9 Å². The summed E-state index contributed by atoms with van der Waals surface area (Å²) in [7, 11) is 0. The highest BCUT2D eigenvalue weighted by molar-refractivity contribution is 5.92. The SMILES string of the molecule is CC(=O)[C@H]1CCC2C3CCC4=CC(=O)CC(NC(CC(C)C)C(=O)O)[C@]4(C)C3CC[C@@]21C. The van der Waals surface area contributed by atoms with Gasteiger partial charge in [0.25, 0.3) is 0 Å². The zero-order chi connectivity index (χ0) is 23.4. The largest absolute Gasteiger partial charge is 0.480 e. The average molecular weight is 444 g/mol. The van der Waals surface area contributed by atoms with Crippen molar-refractivity contribution in [2.75, 3.05) is 0 Å². The molecule has 178 valence electrons. The van der Waals surface area contributed by atoms with E-state index in [-0.39, 0.29) is 34.5 Å². The smallest absolute Gasteiger partial charge is 0.320 e. The Morgan fingerprint density at radius 3 is 2.50 bits per heavy atom. The molecule has 0 saturated heterocycles. The van der Waals surface area contributed by atoms with E-state index in [0.29, 0.717) is 36.4 Å². The van der Waals surface area contributed by atoms with Crippen molar-refractivity contribution in [1.29, 1.82) is 0 Å². The molecule has 2 N–H and O–H groups in total. The highest BCUT2D eigenvalue weighted by Gasteiger charge is 2.61. The summed E-state index contributed by atoms with van der Waals surface area (Å²) < 4.78 is 0. The Kier molecular flexibility index (Phi) is 6.19. The van der Waals surface area contributed by atoms with Crippen molar-refractivity contribution < 1.29 is 19.5 Å². The standard InChI is InChI=1S/C27H41NO4/c1-15(2)12-23(25(31)32)28-24-14-18(30)13-17-6-7-19-21-9-8-20(16(3)29)26(21,4)11-10-22(19)27(17,24)5/h13,15,19-24,28H,6-12,14H2,1-5H3,(H,31,32)/t19?,20-,21?,22?,23?,24?,26-,27+/m1/s1. The number of rotatable bonds is 6. The molecule has 5 unspecified atom stereocenters. The minimum Gasteiger partial charge on any atom is -0.480 e. The minimum absolute atomic E-state index is 0.0965. The maximum absolute atomic E-state index is 12.7. The first kappa shape index (κ1) is 23.7. The van der Waals surface area contributed by atoms with Crippen molar-refractivity contribution in [2.24, 2.45) is 40.4 Å². The summed E-state index contributed by atoms with van der Waals surface area (Å²) in [6, 6.07) is -0.774. The molecule has 8 atom stereocenters. The van der Waals surface area contributed by atoms with E-state index in [0.717, 1.165) is 38.5 Å². The predicted molar refractivity (Wildman–Crippen MR) is 124 cm³/mol. The second kappa shape index (κ2) is 8.38. The summed E-state index contributed by atoms with van der Waals surface area (Å²) in [4.78, 5) is 37.1. The Balaban J connectivity index is 1.66. The zero-order valence-corrected chi connectivity index (χ0v) is 20.4. The van der Waals surface area contributed by atoms with E-state index in [9.17, 15) is 19.5 Å². The van der Waals surface area contributed by atoms with Crippen LogP contribution in [0.15, 0.2) is 11.6 Å². The van der Waals surface area contributed by atoms with Gasteiger partial charge in [0.05, 0.1) is 0 Å². The molecule has 0 aliphatic heterocycles. The van der Waals surface area contributed by atoms with Gasteiger partial charge in [-0.25, -0.2) is 0 Å². The Morgan fingerprint density at radius 2 is 1.88 bits per heavy atom. The fraction of sp³-hybridized carbons (Fsp3) is 0.815. The fourth-order valence-corrected chi connectivity index (χ4v) is 8.49. The predicted octanol–water partition coefficient (Wildman–Crippen LogP) is 4.79. The molecule has 4 rings (SSSR count). The van der Waals surface area contributed by atoms with Crippen LogP contribution in [0.5, 0.6) is 0 Å². The molecule has 0 aromatic carbocycles. The summed E-state index contributed by atoms with van der Waals surface area (Å²) in [5, 5.41) is 13.3. The van der Waals surface area contributed by atoms with Crippen LogP contribution in [0.25, 0.3) is 0 Å². The van der Waals surface area contributed by atoms with Gasteiger partial charge in [0.2, 0.25) is 0 Å². The van der Waals surface area contributed by atoms with Crippen molar-refractivity contribution in [2.45, 2.75) is 98.1 Å². The number of Topliss-reactive ketones (excluding diaryl/α,β-unsaturated/α-hetero) is 1. The number of carbonyl (C=O) groups is 3. The lowest BCUT2D eigenvalue weighted by molar-refractivity contribution is -0.141. The third-order valence-corrected chi connectivity index (χ3v) is 10.0. The number of nitrogens with one attached hydrogen (secondary N) is 1. The van der Waals surface area contributed by atoms with Crippen molar-refractivity contribution in [3.05, 3.63) is 11.6 Å². The van der Waals surface area contributed by atoms with Crippen LogP contribution >= 0.6 is 0 Å². The van der Waals surface area contributed by atoms with E-state index in [1.165, 1.54) is 5.57 Å². The van der Waals surface area contributed by atoms with Crippen molar-refractivity contribution in [3.63, 3.8) is 0 Å². The van der Waals surface area contributed by atoms with Gasteiger partial charge in [-0.1, -0.05) is 33.3 Å². The Morgan fingerprint density at radius 1 is 1.16 bits per heavy atom. The number of carboxylic acid groups (broad SMARTS) is 1. The van der Waals surface area contributed by atoms with Gasteiger partial charge in [0.1, 0.15) is 11.8 Å². The molecular weight excluding hydrogens is 402 g/mol. The van der Waals surface area contributed by atoms with Crippen LogP contribution < -0.4 is 5.32 Å². The van der Waals surface area contributed by atoms with Crippen LogP contribution in [-0.2, 0) is 14.4 Å². The van der Waals surface area contributed by atoms with Crippen LogP contribution in [0.4, 0.5) is 0 Å². The molecule has 0 spiro atoms. The van der Waals surface area contributed by atoms with Crippen molar-refractivity contribution in [3.8, 4) is 0 Å². The van der Waals surface area contributed by atoms with Crippen molar-refractivity contribution >= 4 is 17.5 Å². The summed E-state index contributed by atoms with van der Waals surface area (Å²) in [6.07, 6.45) is 9.07. The van der Waals surface area contributed by atoms with E-state index in [1.54, 1.807) is 6.92 Å². The van der Waals surface area contributed by atoms with Crippen LogP contribution in [-0.4, -0.2) is 34.7 Å². The molecule has 0 aromatic rings. The molecule has 5 nitrogen and oxygen atoms in total. The van der Waals surface area contributed by atoms with E-state index in [4.69, 9.17) is 0 Å². The number of aliphatic carboxylic acids is 1. The van der Waals surface area contributed by atoms with Crippen molar-refractivity contribution in [1.82, 2.24) is 5.32 Å². The summed E-state index contributed by atoms with van der Waals surface area (Å²) in [6.45, 7) is 10.5. The molecule has 0 radical (unpaired) electrons. The molecule has 5 heteroatoms. The van der Waals surface area contributed by atoms with E-state index >= 15 is 0 Å². The minimum atomic E-state index is -0.825. The maximum Gasteiger partial charge on any atom is 0.320 e. The first-order valence-electron chi connectivity index (χ1n) is 12.7. The highest BCUT2D eigenvalue weighted by atomic mass is 16.4. The lowest BCUT2D eigenvalue weighted by Crippen LogP contribution is -2.61. The van der Waals surface area contributed by atoms with E-state index in [2.05, 4.69) is 19.2 Å². The number of hydrogen-bond donors (Lipinski definition) is 2. The van der Waals surface area contributed by atoms with Gasteiger partial charge in [-0.2, -0.15) is 0 Å². The van der Waals surface area contributed by atoms with Gasteiger partial charge in [-0.3, -0.25) is 14.4 Å². The molecule has 0 bridgehead atoms. The molecular formula is C27H41NO4. The average Bonchev–Trinajstić information content (AvgIpc) is 3.05. The summed E-state index contributed by atoms with van der Waals surface area (Å²) in [5.74, 6) is 1.63. The third-order valence-electron chi connectivity index (χ3n) is 10.0. The molecule has 4 aliphatic carbocycles. The molecule has 0 aromatic heterocycles. The Bertz CT molecular complexity index is 832. The third kappa shape index (κ3) is 3.69. The first-order chi connectivity index (χ1) is 15.0. The van der Waals surface area contributed by atoms with E-state index < -0.39 is 12.0 Å². The number of carbonyl (C=O) groups excluding carboxylic acids is 2. The van der Waals surface area contributed by atoms with Gasteiger partial charge >= 0.3 is 5.97 Å². The summed E-state index contributed by atoms with van der Waals surface area (Å²) in [5.41, 5.74) is 1.13. The number of carboxylic acids is 1. The quantitative estimate of drug-likeness (QED) is 0.617. The van der Waals surface area contributed by atoms with Gasteiger partial charge in [-0.15, -0.1) is 0 Å². The fourth-order valence-electron chi connectivity index (χ4n) is 8.49. The lowest BCUT2D eigenvalue weighted by atomic mass is 9.45. The first-order valence-corrected chi connectivity index (χ1v) is 12.7. The van der Waals surface area contributed by atoms with Crippen LogP contribution in [0.2, 0.25) is 0 Å². The van der Waals surface area contributed by atoms with Gasteiger partial charge < -0.3 is 10.4 Å². The molecule has 3 fully saturated rings. The van der Waals surface area contributed by atoms with Crippen LogP contribution in [0.1, 0.15) is 86.0 Å². The Hall–Kier alpha value is -1.49. The zero-order valence-electron chi connectivity index (χ0n) is 20.4. The lowest BCUT2D eigenvalue weighted by Gasteiger charge is -2.60. The topological polar surface area (TPSA) is 83.5 Å². The molecule has 32 heavy (non-hydrogen) atoms. The Labute approximate surface area is 192 Å². The second-order valence-corrected chi connectivity index (χ2v) is 12.1. The number of hydrogen-bond acceptors (Lipinski definition) is 4. The van der Waals surface area contributed by atoms with Gasteiger partial charge in [0.15, 0.2) is 5.78 Å². The number of fused-ring (bicyclic) bond motifs is 5. The highest BCUT2D eigenvalue weighted by Crippen LogP contribution is 2.66. The molecule has 0 amide bonds. The van der Waals surface area contributed by atoms with Crippen LogP contribution in [0.3, 0.4) is 0 Å². The van der Waals surface area contributed by atoms with Crippen LogP contribution in [0, 0.1) is 40.4 Å². The van der Waals surface area contributed by atoms with Gasteiger partial charge in [0, 0.05) is 23.8 Å². The molecule has 4 aliphatic rings. The number of ketones is 2. The van der Waals surface area contributed by atoms with Gasteiger partial charge in [-0.05, 0) is 87.0 Å². The molecule has 0 heterocycles. The normalized spacial score (nSPS) is 42.0. The summed E-state index contributed by atoms with van der Waals surface area (Å²) >= 11 is 0.